The summed E-state index contributed by atoms with van der Waals surface area (Å²) < 4.78 is 5.03. The summed E-state index contributed by atoms with van der Waals surface area (Å²) in [6.45, 7) is 2.44. The van der Waals surface area contributed by atoms with Gasteiger partial charge in [0.05, 0.1) is 18.6 Å². The summed E-state index contributed by atoms with van der Waals surface area (Å²) in [5.41, 5.74) is 1.23. The molecular weight excluding hydrogens is 300 g/mol. The molecular formula is C16H22N2O3S. The van der Waals surface area contributed by atoms with Gasteiger partial charge in [-0.1, -0.05) is 0 Å². The largest absolute Gasteiger partial charge is 0.383 e. The molecule has 1 aromatic heterocycles. The normalized spacial score (nSPS) is 25.2. The molecule has 2 saturated heterocycles. The number of rotatable bonds is 5. The van der Waals surface area contributed by atoms with Crippen molar-refractivity contribution in [2.45, 2.75) is 25.3 Å². The molecule has 0 N–H and O–H groups in total. The fraction of sp³-hybridized carbons (Fsp3) is 0.625. The summed E-state index contributed by atoms with van der Waals surface area (Å²) in [5, 5.41) is 4.18. The number of nitrogens with zero attached hydrogens (tertiary/aromatic N) is 2. The fourth-order valence-corrected chi connectivity index (χ4v) is 4.14. The van der Waals surface area contributed by atoms with E-state index in [1.165, 1.54) is 5.56 Å². The number of carbonyl (C=O) groups excluding carboxylic acids is 2. The number of thiophene rings is 1. The number of hydrogen-bond donors (Lipinski definition) is 0. The van der Waals surface area contributed by atoms with Crippen LogP contribution in [0.1, 0.15) is 30.9 Å². The van der Waals surface area contributed by atoms with Gasteiger partial charge in [-0.2, -0.15) is 11.3 Å². The van der Waals surface area contributed by atoms with E-state index in [0.29, 0.717) is 26.1 Å². The zero-order valence-electron chi connectivity index (χ0n) is 12.9. The molecule has 2 fully saturated rings. The van der Waals surface area contributed by atoms with Gasteiger partial charge in [0.2, 0.25) is 11.8 Å². The summed E-state index contributed by atoms with van der Waals surface area (Å²) in [6.07, 6.45) is 2.41. The van der Waals surface area contributed by atoms with Crippen molar-refractivity contribution >= 4 is 23.2 Å². The number of amides is 2. The molecule has 0 spiro atoms. The Kier molecular flexibility index (Phi) is 4.78. The molecule has 1 aromatic rings. The Bertz CT molecular complexity index is 532. The van der Waals surface area contributed by atoms with Crippen LogP contribution in [-0.2, 0) is 14.3 Å². The number of likely N-dealkylation sites (tertiary alicyclic amines) is 2. The van der Waals surface area contributed by atoms with Crippen molar-refractivity contribution in [2.75, 3.05) is 33.4 Å². The predicted octanol–water partition coefficient (Wildman–Crippen LogP) is 1.91. The minimum absolute atomic E-state index is 0.0710. The maximum atomic E-state index is 12.8. The SMILES string of the molecule is COCCN1C[C@H](C(=O)N2CCC[C@@H]2c2ccsc2)CC1=O. The lowest BCUT2D eigenvalue weighted by Crippen LogP contribution is -2.37. The lowest BCUT2D eigenvalue weighted by molar-refractivity contribution is -0.136. The lowest BCUT2D eigenvalue weighted by Gasteiger charge is -2.27. The van der Waals surface area contributed by atoms with E-state index in [2.05, 4.69) is 16.8 Å². The monoisotopic (exact) mass is 322 g/mol. The maximum Gasteiger partial charge on any atom is 0.228 e. The highest BCUT2D eigenvalue weighted by molar-refractivity contribution is 7.07. The summed E-state index contributed by atoms with van der Waals surface area (Å²) in [7, 11) is 1.62. The lowest BCUT2D eigenvalue weighted by atomic mass is 10.0. The van der Waals surface area contributed by atoms with Gasteiger partial charge in [-0.15, -0.1) is 0 Å². The second-order valence-electron chi connectivity index (χ2n) is 5.98. The Labute approximate surface area is 134 Å². The predicted molar refractivity (Wildman–Crippen MR) is 84.6 cm³/mol. The molecule has 6 heteroatoms. The molecule has 3 heterocycles. The first-order valence-corrected chi connectivity index (χ1v) is 8.74. The minimum Gasteiger partial charge on any atom is -0.383 e. The molecule has 0 unspecified atom stereocenters. The fourth-order valence-electron chi connectivity index (χ4n) is 3.43. The molecule has 22 heavy (non-hydrogen) atoms. The van der Waals surface area contributed by atoms with Gasteiger partial charge < -0.3 is 14.5 Å². The summed E-state index contributed by atoms with van der Waals surface area (Å²) in [6, 6.07) is 2.30. The third-order valence-corrected chi connectivity index (χ3v) is 5.29. The maximum absolute atomic E-state index is 12.8. The third-order valence-electron chi connectivity index (χ3n) is 4.59. The molecule has 5 nitrogen and oxygen atoms in total. The van der Waals surface area contributed by atoms with Crippen LogP contribution < -0.4 is 0 Å². The average molecular weight is 322 g/mol. The molecule has 0 saturated carbocycles. The molecule has 2 aliphatic rings. The zero-order valence-corrected chi connectivity index (χ0v) is 13.7. The van der Waals surface area contributed by atoms with Gasteiger partial charge in [-0.25, -0.2) is 0 Å². The standard InChI is InChI=1S/C16H22N2O3S/c1-21-7-6-17-10-13(9-15(17)19)16(20)18-5-2-3-14(18)12-4-8-22-11-12/h4,8,11,13-14H,2-3,5-7,9-10H2,1H3/t13-,14-/m1/s1. The molecule has 2 amide bonds. The third kappa shape index (κ3) is 3.03. The topological polar surface area (TPSA) is 49.9 Å². The van der Waals surface area contributed by atoms with Crippen molar-refractivity contribution < 1.29 is 14.3 Å². The van der Waals surface area contributed by atoms with Crippen LogP contribution in [0.2, 0.25) is 0 Å². The van der Waals surface area contributed by atoms with Gasteiger partial charge in [-0.05, 0) is 35.2 Å². The van der Waals surface area contributed by atoms with Crippen molar-refractivity contribution in [3.05, 3.63) is 22.4 Å². The molecule has 2 aliphatic heterocycles. The van der Waals surface area contributed by atoms with Crippen LogP contribution >= 0.6 is 11.3 Å². The second kappa shape index (κ2) is 6.79. The van der Waals surface area contributed by atoms with Crippen LogP contribution in [0, 0.1) is 5.92 Å². The number of hydrogen-bond acceptors (Lipinski definition) is 4. The van der Waals surface area contributed by atoms with Gasteiger partial charge in [0, 0.05) is 33.2 Å². The summed E-state index contributed by atoms with van der Waals surface area (Å²) in [5.74, 6) is 0.0206. The quantitative estimate of drug-likeness (QED) is 0.832. The van der Waals surface area contributed by atoms with Crippen molar-refractivity contribution in [3.63, 3.8) is 0 Å². The van der Waals surface area contributed by atoms with Gasteiger partial charge in [0.15, 0.2) is 0 Å². The number of carbonyl (C=O) groups is 2. The van der Waals surface area contributed by atoms with E-state index in [1.807, 2.05) is 4.90 Å². The number of ether oxygens (including phenoxy) is 1. The highest BCUT2D eigenvalue weighted by Gasteiger charge is 2.39. The molecule has 3 rings (SSSR count). The first-order valence-electron chi connectivity index (χ1n) is 7.80. The Balaban J connectivity index is 1.65. The Hall–Kier alpha value is -1.40. The molecule has 0 aromatic carbocycles. The van der Waals surface area contributed by atoms with Crippen LogP contribution in [0.25, 0.3) is 0 Å². The van der Waals surface area contributed by atoms with E-state index in [4.69, 9.17) is 4.74 Å². The van der Waals surface area contributed by atoms with E-state index < -0.39 is 0 Å². The van der Waals surface area contributed by atoms with Gasteiger partial charge in [0.1, 0.15) is 0 Å². The summed E-state index contributed by atoms with van der Waals surface area (Å²) >= 11 is 1.67. The van der Waals surface area contributed by atoms with Gasteiger partial charge >= 0.3 is 0 Å². The molecule has 2 atom stereocenters. The average Bonchev–Trinajstić information content (AvgIpc) is 3.24. The van der Waals surface area contributed by atoms with E-state index in [-0.39, 0.29) is 23.8 Å². The van der Waals surface area contributed by atoms with Crippen LogP contribution in [0.5, 0.6) is 0 Å². The Morgan fingerprint density at radius 2 is 2.36 bits per heavy atom. The van der Waals surface area contributed by atoms with Crippen molar-refractivity contribution in [1.29, 1.82) is 0 Å². The van der Waals surface area contributed by atoms with Crippen molar-refractivity contribution in [1.82, 2.24) is 9.80 Å². The van der Waals surface area contributed by atoms with Crippen LogP contribution in [0.4, 0.5) is 0 Å². The van der Waals surface area contributed by atoms with Crippen LogP contribution in [0.15, 0.2) is 16.8 Å². The smallest absolute Gasteiger partial charge is 0.228 e. The van der Waals surface area contributed by atoms with Crippen molar-refractivity contribution in [3.8, 4) is 0 Å². The first-order chi connectivity index (χ1) is 10.7. The Morgan fingerprint density at radius 1 is 1.50 bits per heavy atom. The highest BCUT2D eigenvalue weighted by atomic mass is 32.1. The molecule has 0 radical (unpaired) electrons. The van der Waals surface area contributed by atoms with E-state index in [1.54, 1.807) is 23.3 Å². The van der Waals surface area contributed by atoms with Gasteiger partial charge in [0.25, 0.3) is 0 Å². The minimum atomic E-state index is -0.191. The summed E-state index contributed by atoms with van der Waals surface area (Å²) in [4.78, 5) is 28.6. The Morgan fingerprint density at radius 3 is 3.09 bits per heavy atom. The van der Waals surface area contributed by atoms with Crippen LogP contribution in [0.3, 0.4) is 0 Å². The van der Waals surface area contributed by atoms with Crippen molar-refractivity contribution in [2.24, 2.45) is 5.92 Å². The van der Waals surface area contributed by atoms with Gasteiger partial charge in [-0.3, -0.25) is 9.59 Å². The second-order valence-corrected chi connectivity index (χ2v) is 6.76. The molecule has 0 aliphatic carbocycles. The number of methoxy groups -OCH3 is 1. The molecule has 120 valence electrons. The van der Waals surface area contributed by atoms with E-state index in [9.17, 15) is 9.59 Å². The zero-order chi connectivity index (χ0) is 15.5. The first kappa shape index (κ1) is 15.5. The molecule has 0 bridgehead atoms. The highest BCUT2D eigenvalue weighted by Crippen LogP contribution is 2.35. The van der Waals surface area contributed by atoms with Crippen LogP contribution in [-0.4, -0.2) is 55.0 Å². The van der Waals surface area contributed by atoms with E-state index in [0.717, 1.165) is 19.4 Å². The van der Waals surface area contributed by atoms with E-state index >= 15 is 0 Å².